The van der Waals surface area contributed by atoms with Gasteiger partial charge in [0.15, 0.2) is 0 Å². The Morgan fingerprint density at radius 3 is 2.72 bits per heavy atom. The normalized spacial score (nSPS) is 10.0. The molecule has 0 atom stereocenters. The zero-order valence-corrected chi connectivity index (χ0v) is 9.18. The van der Waals surface area contributed by atoms with Gasteiger partial charge in [-0.1, -0.05) is 0 Å². The molecule has 0 aliphatic carbocycles. The third-order valence-electron chi connectivity index (χ3n) is 2.08. The topological polar surface area (TPSA) is 103 Å². The first-order valence-corrected chi connectivity index (χ1v) is 5.03. The van der Waals surface area contributed by atoms with Crippen LogP contribution in [-0.2, 0) is 11.3 Å². The van der Waals surface area contributed by atoms with Crippen molar-refractivity contribution in [3.8, 4) is 0 Å². The van der Waals surface area contributed by atoms with Crippen molar-refractivity contribution in [1.29, 1.82) is 0 Å². The molecular formula is C10H9N5O3. The standard InChI is InChI=1S/C10H9N5O3/c16-10(12-8-1-4-11-5-2-8)7-14-6-3-9(13-14)15(17)18/h1-6H,7H2,(H,11,12,16). The molecule has 0 saturated heterocycles. The van der Waals surface area contributed by atoms with Crippen LogP contribution in [0.5, 0.6) is 0 Å². The quantitative estimate of drug-likeness (QED) is 0.636. The van der Waals surface area contributed by atoms with E-state index in [9.17, 15) is 14.9 Å². The van der Waals surface area contributed by atoms with Crippen LogP contribution < -0.4 is 5.32 Å². The van der Waals surface area contributed by atoms with E-state index < -0.39 is 4.92 Å². The van der Waals surface area contributed by atoms with Gasteiger partial charge in [-0.3, -0.25) is 9.78 Å². The summed E-state index contributed by atoms with van der Waals surface area (Å²) in [7, 11) is 0. The van der Waals surface area contributed by atoms with Crippen LogP contribution in [0.2, 0.25) is 0 Å². The second kappa shape index (κ2) is 5.04. The SMILES string of the molecule is O=C(Cn1ccc([N+](=O)[O-])n1)Nc1ccncc1. The summed E-state index contributed by atoms with van der Waals surface area (Å²) >= 11 is 0. The Morgan fingerprint density at radius 2 is 2.11 bits per heavy atom. The molecule has 0 saturated carbocycles. The van der Waals surface area contributed by atoms with Crippen molar-refractivity contribution < 1.29 is 9.72 Å². The maximum Gasteiger partial charge on any atom is 0.389 e. The summed E-state index contributed by atoms with van der Waals surface area (Å²) in [5.41, 5.74) is 0.608. The van der Waals surface area contributed by atoms with Gasteiger partial charge in [-0.2, -0.15) is 4.68 Å². The molecule has 1 N–H and O–H groups in total. The molecule has 0 aliphatic rings. The lowest BCUT2D eigenvalue weighted by molar-refractivity contribution is -0.389. The minimum Gasteiger partial charge on any atom is -0.358 e. The molecule has 2 rings (SSSR count). The number of nitrogens with zero attached hydrogens (tertiary/aromatic N) is 4. The Balaban J connectivity index is 1.97. The largest absolute Gasteiger partial charge is 0.389 e. The number of rotatable bonds is 4. The number of nitro groups is 1. The fourth-order valence-corrected chi connectivity index (χ4v) is 1.32. The van der Waals surface area contributed by atoms with Crippen LogP contribution >= 0.6 is 0 Å². The van der Waals surface area contributed by atoms with E-state index in [0.717, 1.165) is 0 Å². The molecule has 0 radical (unpaired) electrons. The number of hydrogen-bond acceptors (Lipinski definition) is 5. The van der Waals surface area contributed by atoms with Crippen molar-refractivity contribution >= 4 is 17.4 Å². The summed E-state index contributed by atoms with van der Waals surface area (Å²) in [6.07, 6.45) is 4.48. The zero-order chi connectivity index (χ0) is 13.0. The first-order valence-electron chi connectivity index (χ1n) is 5.03. The molecule has 8 heteroatoms. The van der Waals surface area contributed by atoms with Crippen molar-refractivity contribution in [3.63, 3.8) is 0 Å². The molecular weight excluding hydrogens is 238 g/mol. The highest BCUT2D eigenvalue weighted by atomic mass is 16.6. The van der Waals surface area contributed by atoms with Crippen LogP contribution in [0.1, 0.15) is 0 Å². The number of carbonyl (C=O) groups excluding carboxylic acids is 1. The van der Waals surface area contributed by atoms with Crippen LogP contribution in [0.15, 0.2) is 36.8 Å². The minimum atomic E-state index is -0.614. The molecule has 0 fully saturated rings. The lowest BCUT2D eigenvalue weighted by atomic mass is 10.4. The Bertz CT molecular complexity index is 566. The summed E-state index contributed by atoms with van der Waals surface area (Å²) in [6, 6.07) is 4.52. The molecule has 1 amide bonds. The van der Waals surface area contributed by atoms with E-state index in [1.165, 1.54) is 16.9 Å². The van der Waals surface area contributed by atoms with E-state index in [-0.39, 0.29) is 18.3 Å². The Labute approximate surface area is 101 Å². The molecule has 0 spiro atoms. The van der Waals surface area contributed by atoms with Crippen molar-refractivity contribution in [1.82, 2.24) is 14.8 Å². The Hall–Kier alpha value is -2.77. The molecule has 0 unspecified atom stereocenters. The number of nitrogens with one attached hydrogen (secondary N) is 1. The second-order valence-corrected chi connectivity index (χ2v) is 3.41. The summed E-state index contributed by atoms with van der Waals surface area (Å²) in [4.78, 5) is 25.2. The highest BCUT2D eigenvalue weighted by Crippen LogP contribution is 2.06. The number of anilines is 1. The van der Waals surface area contributed by atoms with Crippen LogP contribution in [0, 0.1) is 10.1 Å². The minimum absolute atomic E-state index is 0.0871. The second-order valence-electron chi connectivity index (χ2n) is 3.41. The van der Waals surface area contributed by atoms with Crippen molar-refractivity contribution in [2.75, 3.05) is 5.32 Å². The zero-order valence-electron chi connectivity index (χ0n) is 9.18. The summed E-state index contributed by atoms with van der Waals surface area (Å²) < 4.78 is 1.20. The lowest BCUT2D eigenvalue weighted by Crippen LogP contribution is -2.19. The molecule has 18 heavy (non-hydrogen) atoms. The Kier molecular flexibility index (Phi) is 3.28. The maximum atomic E-state index is 11.6. The van der Waals surface area contributed by atoms with Gasteiger partial charge in [-0.05, 0) is 17.1 Å². The van der Waals surface area contributed by atoms with Gasteiger partial charge in [0.1, 0.15) is 6.54 Å². The fourth-order valence-electron chi connectivity index (χ4n) is 1.32. The van der Waals surface area contributed by atoms with Crippen LogP contribution in [0.25, 0.3) is 0 Å². The molecule has 0 aliphatic heterocycles. The number of hydrogen-bond donors (Lipinski definition) is 1. The molecule has 8 nitrogen and oxygen atoms in total. The van der Waals surface area contributed by atoms with E-state index in [2.05, 4.69) is 15.4 Å². The van der Waals surface area contributed by atoms with Gasteiger partial charge >= 0.3 is 5.82 Å². The fraction of sp³-hybridized carbons (Fsp3) is 0.100. The van der Waals surface area contributed by atoms with Gasteiger partial charge in [0.05, 0.1) is 17.4 Å². The van der Waals surface area contributed by atoms with E-state index in [1.807, 2.05) is 0 Å². The predicted molar refractivity (Wildman–Crippen MR) is 61.7 cm³/mol. The van der Waals surface area contributed by atoms with Crippen molar-refractivity contribution in [3.05, 3.63) is 46.9 Å². The average molecular weight is 247 g/mol. The van der Waals surface area contributed by atoms with Crippen molar-refractivity contribution in [2.24, 2.45) is 0 Å². The molecule has 92 valence electrons. The van der Waals surface area contributed by atoms with Crippen molar-refractivity contribution in [2.45, 2.75) is 6.54 Å². The van der Waals surface area contributed by atoms with Crippen LogP contribution in [0.4, 0.5) is 11.5 Å². The van der Waals surface area contributed by atoms with E-state index in [0.29, 0.717) is 5.69 Å². The first-order chi connectivity index (χ1) is 8.65. The highest BCUT2D eigenvalue weighted by Gasteiger charge is 2.13. The summed E-state index contributed by atoms with van der Waals surface area (Å²) in [6.45, 7) is -0.0871. The number of amides is 1. The molecule has 0 aromatic carbocycles. The smallest absolute Gasteiger partial charge is 0.358 e. The summed E-state index contributed by atoms with van der Waals surface area (Å²) in [5.74, 6) is -0.606. The third-order valence-corrected chi connectivity index (χ3v) is 2.08. The Morgan fingerprint density at radius 1 is 1.39 bits per heavy atom. The van der Waals surface area contributed by atoms with Gasteiger partial charge in [0.25, 0.3) is 0 Å². The first kappa shape index (κ1) is 11.7. The van der Waals surface area contributed by atoms with Crippen LogP contribution in [-0.4, -0.2) is 25.6 Å². The molecule has 0 bridgehead atoms. The summed E-state index contributed by atoms with van der Waals surface area (Å²) in [5, 5.41) is 16.7. The number of aromatic nitrogens is 3. The molecule has 2 heterocycles. The average Bonchev–Trinajstić information content (AvgIpc) is 2.78. The predicted octanol–water partition coefficient (Wildman–Crippen LogP) is 0.825. The maximum absolute atomic E-state index is 11.6. The monoisotopic (exact) mass is 247 g/mol. The van der Waals surface area contributed by atoms with E-state index in [4.69, 9.17) is 0 Å². The van der Waals surface area contributed by atoms with Gasteiger partial charge in [0, 0.05) is 18.1 Å². The van der Waals surface area contributed by atoms with Gasteiger partial charge in [-0.25, -0.2) is 0 Å². The van der Waals surface area contributed by atoms with Gasteiger partial charge in [0.2, 0.25) is 5.91 Å². The number of pyridine rings is 1. The van der Waals surface area contributed by atoms with E-state index >= 15 is 0 Å². The highest BCUT2D eigenvalue weighted by molar-refractivity contribution is 5.90. The lowest BCUT2D eigenvalue weighted by Gasteiger charge is -2.02. The third kappa shape index (κ3) is 2.88. The molecule has 2 aromatic heterocycles. The van der Waals surface area contributed by atoms with Gasteiger partial charge in [-0.15, -0.1) is 0 Å². The van der Waals surface area contributed by atoms with Gasteiger partial charge < -0.3 is 15.4 Å². The van der Waals surface area contributed by atoms with E-state index in [1.54, 1.807) is 24.5 Å². The molecule has 2 aromatic rings. The van der Waals surface area contributed by atoms with Crippen LogP contribution in [0.3, 0.4) is 0 Å². The number of carbonyl (C=O) groups is 1.